The van der Waals surface area contributed by atoms with E-state index in [0.717, 1.165) is 0 Å². The number of carbonyl (C=O) groups excluding carboxylic acids is 1. The summed E-state index contributed by atoms with van der Waals surface area (Å²) in [5, 5.41) is 0. The van der Waals surface area contributed by atoms with Crippen LogP contribution in [0.1, 0.15) is 11.5 Å². The lowest BCUT2D eigenvalue weighted by Gasteiger charge is -2.22. The standard InChI is InChI=1S/C19H14Cl3N3O2/c1-13-12-16(24-17(23-13)19(20,21)22)27-18(26)25(14-8-4-2-5-9-14)15-10-6-3-7-11-15/h2-12H,1H3. The van der Waals surface area contributed by atoms with Gasteiger partial charge in [-0.2, -0.15) is 4.98 Å². The van der Waals surface area contributed by atoms with Crippen molar-refractivity contribution in [2.24, 2.45) is 0 Å². The number of aryl methyl sites for hydroxylation is 1. The number of carbonyl (C=O) groups is 1. The van der Waals surface area contributed by atoms with Gasteiger partial charge in [-0.25, -0.2) is 14.7 Å². The van der Waals surface area contributed by atoms with Crippen molar-refractivity contribution in [3.8, 4) is 5.88 Å². The van der Waals surface area contributed by atoms with Gasteiger partial charge in [-0.3, -0.25) is 0 Å². The van der Waals surface area contributed by atoms with Crippen LogP contribution in [0.15, 0.2) is 66.7 Å². The third kappa shape index (κ3) is 4.89. The quantitative estimate of drug-likeness (QED) is 0.489. The Labute approximate surface area is 171 Å². The van der Waals surface area contributed by atoms with Crippen LogP contribution in [-0.2, 0) is 3.79 Å². The normalized spacial score (nSPS) is 11.1. The molecule has 0 spiro atoms. The molecule has 0 aliphatic heterocycles. The smallest absolute Gasteiger partial charge is 0.390 e. The van der Waals surface area contributed by atoms with Crippen molar-refractivity contribution in [1.82, 2.24) is 9.97 Å². The van der Waals surface area contributed by atoms with Gasteiger partial charge in [0.05, 0.1) is 11.4 Å². The number of para-hydroxylation sites is 2. The van der Waals surface area contributed by atoms with E-state index < -0.39 is 9.89 Å². The fraction of sp³-hybridized carbons (Fsp3) is 0.105. The first-order valence-electron chi connectivity index (χ1n) is 7.89. The van der Waals surface area contributed by atoms with E-state index >= 15 is 0 Å². The average Bonchev–Trinajstić information content (AvgIpc) is 2.62. The van der Waals surface area contributed by atoms with Gasteiger partial charge in [0.25, 0.3) is 0 Å². The molecule has 0 atom stereocenters. The van der Waals surface area contributed by atoms with Crippen LogP contribution < -0.4 is 9.64 Å². The summed E-state index contributed by atoms with van der Waals surface area (Å²) in [6, 6.07) is 19.7. The first-order chi connectivity index (χ1) is 12.8. The molecule has 1 aromatic heterocycles. The highest BCUT2D eigenvalue weighted by Gasteiger charge is 2.28. The Morgan fingerprint density at radius 2 is 1.44 bits per heavy atom. The molecule has 1 heterocycles. The van der Waals surface area contributed by atoms with E-state index in [4.69, 9.17) is 39.5 Å². The topological polar surface area (TPSA) is 55.3 Å². The molecule has 0 saturated heterocycles. The summed E-state index contributed by atoms with van der Waals surface area (Å²) in [6.45, 7) is 1.69. The Kier molecular flexibility index (Phi) is 5.85. The fourth-order valence-corrected chi connectivity index (χ4v) is 2.62. The number of hydrogen-bond acceptors (Lipinski definition) is 4. The predicted octanol–water partition coefficient (Wildman–Crippen LogP) is 5.95. The molecule has 3 aromatic rings. The van der Waals surface area contributed by atoms with Gasteiger partial charge >= 0.3 is 6.09 Å². The summed E-state index contributed by atoms with van der Waals surface area (Å²) >= 11 is 17.5. The largest absolute Gasteiger partial charge is 0.425 e. The minimum atomic E-state index is -1.83. The maximum absolute atomic E-state index is 12.9. The first kappa shape index (κ1) is 19.4. The molecule has 0 bridgehead atoms. The SMILES string of the molecule is Cc1cc(OC(=O)N(c2ccccc2)c2ccccc2)nc(C(Cl)(Cl)Cl)n1. The van der Waals surface area contributed by atoms with Crippen LogP contribution in [0.2, 0.25) is 0 Å². The van der Waals surface area contributed by atoms with E-state index in [2.05, 4.69) is 9.97 Å². The van der Waals surface area contributed by atoms with Gasteiger partial charge < -0.3 is 4.74 Å². The second-order valence-electron chi connectivity index (χ2n) is 5.54. The van der Waals surface area contributed by atoms with E-state index in [1.807, 2.05) is 36.4 Å². The first-order valence-corrected chi connectivity index (χ1v) is 9.03. The van der Waals surface area contributed by atoms with Crippen LogP contribution >= 0.6 is 34.8 Å². The number of hydrogen-bond donors (Lipinski definition) is 0. The molecule has 1 amide bonds. The molecule has 5 nitrogen and oxygen atoms in total. The molecule has 0 fully saturated rings. The second kappa shape index (κ2) is 8.13. The van der Waals surface area contributed by atoms with Crippen LogP contribution in [0, 0.1) is 6.92 Å². The molecule has 3 rings (SSSR count). The summed E-state index contributed by atoms with van der Waals surface area (Å²) in [7, 11) is 0. The van der Waals surface area contributed by atoms with Crippen molar-refractivity contribution in [3.05, 3.63) is 78.2 Å². The van der Waals surface area contributed by atoms with Gasteiger partial charge in [0.1, 0.15) is 0 Å². The summed E-state index contributed by atoms with van der Waals surface area (Å²) < 4.78 is 3.63. The molecule has 138 valence electrons. The Balaban J connectivity index is 1.96. The van der Waals surface area contributed by atoms with Crippen molar-refractivity contribution >= 4 is 52.3 Å². The molecular weight excluding hydrogens is 409 g/mol. The zero-order chi connectivity index (χ0) is 19.4. The summed E-state index contributed by atoms with van der Waals surface area (Å²) in [6.07, 6.45) is -0.652. The second-order valence-corrected chi connectivity index (χ2v) is 7.82. The average molecular weight is 423 g/mol. The van der Waals surface area contributed by atoms with E-state index in [1.165, 1.54) is 11.0 Å². The summed E-state index contributed by atoms with van der Waals surface area (Å²) in [4.78, 5) is 22.5. The number of ether oxygens (including phenoxy) is 1. The number of amides is 1. The number of aromatic nitrogens is 2. The van der Waals surface area contributed by atoms with Crippen LogP contribution in [-0.4, -0.2) is 16.1 Å². The van der Waals surface area contributed by atoms with Gasteiger partial charge in [-0.05, 0) is 31.2 Å². The number of benzene rings is 2. The lowest BCUT2D eigenvalue weighted by molar-refractivity contribution is 0.208. The Morgan fingerprint density at radius 1 is 0.926 bits per heavy atom. The highest BCUT2D eigenvalue weighted by Crippen LogP contribution is 2.36. The zero-order valence-corrected chi connectivity index (χ0v) is 16.4. The molecule has 0 aliphatic carbocycles. The Morgan fingerprint density at radius 3 is 1.93 bits per heavy atom. The van der Waals surface area contributed by atoms with Crippen LogP contribution in [0.3, 0.4) is 0 Å². The van der Waals surface area contributed by atoms with Crippen LogP contribution in [0.25, 0.3) is 0 Å². The van der Waals surface area contributed by atoms with Crippen molar-refractivity contribution < 1.29 is 9.53 Å². The molecule has 27 heavy (non-hydrogen) atoms. The predicted molar refractivity (Wildman–Crippen MR) is 107 cm³/mol. The highest BCUT2D eigenvalue weighted by atomic mass is 35.6. The third-order valence-electron chi connectivity index (χ3n) is 3.49. The van der Waals surface area contributed by atoms with Gasteiger partial charge in [-0.15, -0.1) is 0 Å². The minimum Gasteiger partial charge on any atom is -0.390 e. The summed E-state index contributed by atoms with van der Waals surface area (Å²) in [5.74, 6) is -0.0769. The number of anilines is 2. The van der Waals surface area contributed by atoms with Gasteiger partial charge in [-0.1, -0.05) is 71.2 Å². The Hall–Kier alpha value is -2.34. The molecular formula is C19H14Cl3N3O2. The minimum absolute atomic E-state index is 0.00862. The molecule has 2 aromatic carbocycles. The fourth-order valence-electron chi connectivity index (χ4n) is 2.37. The molecule has 0 radical (unpaired) electrons. The number of rotatable bonds is 3. The van der Waals surface area contributed by atoms with Crippen molar-refractivity contribution in [3.63, 3.8) is 0 Å². The van der Waals surface area contributed by atoms with Crippen LogP contribution in [0.5, 0.6) is 5.88 Å². The number of alkyl halides is 3. The molecule has 0 saturated carbocycles. The maximum Gasteiger partial charge on any atom is 0.425 e. The van der Waals surface area contributed by atoms with Gasteiger partial charge in [0, 0.05) is 11.8 Å². The van der Waals surface area contributed by atoms with E-state index in [1.54, 1.807) is 31.2 Å². The van der Waals surface area contributed by atoms with Crippen LogP contribution in [0.4, 0.5) is 16.2 Å². The Bertz CT molecular complexity index is 892. The summed E-state index contributed by atoms with van der Waals surface area (Å²) in [5.41, 5.74) is 1.78. The molecule has 0 aliphatic rings. The van der Waals surface area contributed by atoms with E-state index in [-0.39, 0.29) is 11.7 Å². The van der Waals surface area contributed by atoms with Gasteiger partial charge in [0.15, 0.2) is 5.82 Å². The zero-order valence-electron chi connectivity index (χ0n) is 14.1. The van der Waals surface area contributed by atoms with E-state index in [9.17, 15) is 4.79 Å². The third-order valence-corrected chi connectivity index (χ3v) is 3.99. The lowest BCUT2D eigenvalue weighted by Crippen LogP contribution is -2.29. The lowest BCUT2D eigenvalue weighted by atomic mass is 10.2. The van der Waals surface area contributed by atoms with Gasteiger partial charge in [0.2, 0.25) is 9.67 Å². The molecule has 8 heteroatoms. The van der Waals surface area contributed by atoms with E-state index in [0.29, 0.717) is 17.1 Å². The highest BCUT2D eigenvalue weighted by molar-refractivity contribution is 6.66. The maximum atomic E-state index is 12.9. The number of nitrogens with zero attached hydrogens (tertiary/aromatic N) is 3. The number of halogens is 3. The van der Waals surface area contributed by atoms with Crippen molar-refractivity contribution in [1.29, 1.82) is 0 Å². The molecule has 0 unspecified atom stereocenters. The molecule has 0 N–H and O–H groups in total. The monoisotopic (exact) mass is 421 g/mol. The van der Waals surface area contributed by atoms with Crippen molar-refractivity contribution in [2.45, 2.75) is 10.7 Å². The van der Waals surface area contributed by atoms with Crippen molar-refractivity contribution in [2.75, 3.05) is 4.90 Å².